The molecule has 1 aliphatic heterocycles. The van der Waals surface area contributed by atoms with Crippen LogP contribution in [-0.2, 0) is 23.0 Å². The summed E-state index contributed by atoms with van der Waals surface area (Å²) in [5.41, 5.74) is 3.67. The van der Waals surface area contributed by atoms with Crippen LogP contribution in [0.15, 0.2) is 83.9 Å². The quantitative estimate of drug-likeness (QED) is 0.454. The lowest BCUT2D eigenvalue weighted by molar-refractivity contribution is 0.102. The van der Waals surface area contributed by atoms with Gasteiger partial charge in [0, 0.05) is 30.2 Å². The van der Waals surface area contributed by atoms with Gasteiger partial charge in [-0.3, -0.25) is 9.78 Å². The Bertz CT molecular complexity index is 1480. The van der Waals surface area contributed by atoms with Crippen LogP contribution in [0, 0.1) is 0 Å². The zero-order valence-corrected chi connectivity index (χ0v) is 19.1. The first-order chi connectivity index (χ1) is 15.9. The Morgan fingerprint density at radius 1 is 0.970 bits per heavy atom. The summed E-state index contributed by atoms with van der Waals surface area (Å²) >= 11 is 6.30. The molecule has 2 heterocycles. The lowest BCUT2D eigenvalue weighted by atomic mass is 10.0. The number of carbonyl (C=O) groups excluding carboxylic acids is 1. The van der Waals surface area contributed by atoms with Crippen LogP contribution in [0.1, 0.15) is 21.5 Å². The number of nitrogens with one attached hydrogen (secondary N) is 1. The maximum Gasteiger partial charge on any atom is 0.255 e. The van der Waals surface area contributed by atoms with Gasteiger partial charge in [0.15, 0.2) is 0 Å². The van der Waals surface area contributed by atoms with E-state index < -0.39 is 15.9 Å². The summed E-state index contributed by atoms with van der Waals surface area (Å²) in [6.07, 6.45) is 2.31. The Hall–Kier alpha value is -3.26. The molecule has 166 valence electrons. The van der Waals surface area contributed by atoms with E-state index in [1.165, 1.54) is 22.5 Å². The molecular formula is C25H20ClN3O3S. The van der Waals surface area contributed by atoms with Gasteiger partial charge in [-0.25, -0.2) is 8.42 Å². The van der Waals surface area contributed by atoms with Gasteiger partial charge < -0.3 is 5.32 Å². The fourth-order valence-corrected chi connectivity index (χ4v) is 5.98. The lowest BCUT2D eigenvalue weighted by Crippen LogP contribution is -2.36. The molecule has 1 N–H and O–H groups in total. The average Bonchev–Trinajstić information content (AvgIpc) is 2.84. The molecule has 8 heteroatoms. The molecule has 1 aliphatic rings. The van der Waals surface area contributed by atoms with E-state index in [-0.39, 0.29) is 22.0 Å². The highest BCUT2D eigenvalue weighted by Gasteiger charge is 2.30. The number of aromatic nitrogens is 1. The van der Waals surface area contributed by atoms with Crippen LogP contribution >= 0.6 is 11.6 Å². The van der Waals surface area contributed by atoms with Gasteiger partial charge in [0.25, 0.3) is 5.91 Å². The zero-order valence-electron chi connectivity index (χ0n) is 17.5. The minimum absolute atomic E-state index is 0.0733. The van der Waals surface area contributed by atoms with Crippen molar-refractivity contribution in [3.05, 3.63) is 101 Å². The van der Waals surface area contributed by atoms with E-state index in [4.69, 9.17) is 11.6 Å². The van der Waals surface area contributed by atoms with Gasteiger partial charge in [-0.05, 0) is 60.0 Å². The molecule has 0 saturated heterocycles. The smallest absolute Gasteiger partial charge is 0.255 e. The maximum absolute atomic E-state index is 13.4. The van der Waals surface area contributed by atoms with E-state index >= 15 is 0 Å². The van der Waals surface area contributed by atoms with Crippen molar-refractivity contribution < 1.29 is 13.2 Å². The number of hydrogen-bond acceptors (Lipinski definition) is 4. The molecule has 0 aliphatic carbocycles. The number of nitrogens with zero attached hydrogens (tertiary/aromatic N) is 2. The number of rotatable bonds is 4. The van der Waals surface area contributed by atoms with Crippen LogP contribution < -0.4 is 5.32 Å². The number of pyridine rings is 1. The van der Waals surface area contributed by atoms with Crippen molar-refractivity contribution in [1.82, 2.24) is 9.29 Å². The SMILES string of the molecule is O=C(Nc1cccc2ncccc12)c1ccc(Cl)c(S(=O)(=O)N2CCc3ccccc3C2)c1. The third-order valence-corrected chi connectivity index (χ3v) is 8.13. The summed E-state index contributed by atoms with van der Waals surface area (Å²) < 4.78 is 28.3. The van der Waals surface area contributed by atoms with Gasteiger partial charge in [0.05, 0.1) is 16.2 Å². The van der Waals surface area contributed by atoms with Crippen molar-refractivity contribution >= 4 is 44.1 Å². The second-order valence-corrected chi connectivity index (χ2v) is 10.1. The molecule has 6 nitrogen and oxygen atoms in total. The molecular weight excluding hydrogens is 458 g/mol. The molecule has 3 aromatic carbocycles. The van der Waals surface area contributed by atoms with E-state index in [0.717, 1.165) is 22.0 Å². The Labute approximate surface area is 196 Å². The summed E-state index contributed by atoms with van der Waals surface area (Å²) in [5.74, 6) is -0.427. The molecule has 1 aromatic heterocycles. The minimum Gasteiger partial charge on any atom is -0.321 e. The second-order valence-electron chi connectivity index (χ2n) is 7.83. The topological polar surface area (TPSA) is 79.4 Å². The van der Waals surface area contributed by atoms with Crippen molar-refractivity contribution in [2.24, 2.45) is 0 Å². The molecule has 4 aromatic rings. The molecule has 5 rings (SSSR count). The molecule has 1 amide bonds. The predicted octanol–water partition coefficient (Wildman–Crippen LogP) is 4.89. The fraction of sp³-hybridized carbons (Fsp3) is 0.120. The van der Waals surface area contributed by atoms with Crippen molar-refractivity contribution in [3.63, 3.8) is 0 Å². The van der Waals surface area contributed by atoms with E-state index in [1.54, 1.807) is 24.4 Å². The van der Waals surface area contributed by atoms with Crippen LogP contribution in [0.5, 0.6) is 0 Å². The molecule has 0 fully saturated rings. The molecule has 33 heavy (non-hydrogen) atoms. The maximum atomic E-state index is 13.4. The lowest BCUT2D eigenvalue weighted by Gasteiger charge is -2.28. The van der Waals surface area contributed by atoms with Gasteiger partial charge in [-0.1, -0.05) is 41.9 Å². The molecule has 0 unspecified atom stereocenters. The van der Waals surface area contributed by atoms with Crippen molar-refractivity contribution in [2.45, 2.75) is 17.9 Å². The summed E-state index contributed by atoms with van der Waals surface area (Å²) in [5, 5.41) is 3.74. The van der Waals surface area contributed by atoms with Crippen LogP contribution in [-0.4, -0.2) is 30.2 Å². The number of halogens is 1. The van der Waals surface area contributed by atoms with E-state index in [9.17, 15) is 13.2 Å². The first kappa shape index (κ1) is 21.6. The van der Waals surface area contributed by atoms with Crippen LogP contribution in [0.25, 0.3) is 10.9 Å². The van der Waals surface area contributed by atoms with Gasteiger partial charge in [-0.2, -0.15) is 4.31 Å². The number of sulfonamides is 1. The summed E-state index contributed by atoms with van der Waals surface area (Å²) in [4.78, 5) is 17.2. The first-order valence-corrected chi connectivity index (χ1v) is 12.3. The normalized spacial score (nSPS) is 14.1. The van der Waals surface area contributed by atoms with E-state index in [1.807, 2.05) is 36.4 Å². The monoisotopic (exact) mass is 477 g/mol. The van der Waals surface area contributed by atoms with Gasteiger partial charge >= 0.3 is 0 Å². The van der Waals surface area contributed by atoms with Crippen LogP contribution in [0.4, 0.5) is 5.69 Å². The average molecular weight is 478 g/mol. The number of amides is 1. The summed E-state index contributed by atoms with van der Waals surface area (Å²) in [6, 6.07) is 21.2. The van der Waals surface area contributed by atoms with Gasteiger partial charge in [0.1, 0.15) is 4.90 Å². The highest BCUT2D eigenvalue weighted by atomic mass is 35.5. The first-order valence-electron chi connectivity index (χ1n) is 10.4. The number of carbonyl (C=O) groups is 1. The number of hydrogen-bond donors (Lipinski definition) is 1. The van der Waals surface area contributed by atoms with Gasteiger partial charge in [0.2, 0.25) is 10.0 Å². The van der Waals surface area contributed by atoms with E-state index in [0.29, 0.717) is 18.7 Å². The van der Waals surface area contributed by atoms with Crippen molar-refractivity contribution in [3.8, 4) is 0 Å². The predicted molar refractivity (Wildman–Crippen MR) is 129 cm³/mol. The van der Waals surface area contributed by atoms with Crippen LogP contribution in [0.3, 0.4) is 0 Å². The van der Waals surface area contributed by atoms with E-state index in [2.05, 4.69) is 10.3 Å². The number of benzene rings is 3. The molecule has 0 saturated carbocycles. The van der Waals surface area contributed by atoms with Crippen molar-refractivity contribution in [1.29, 1.82) is 0 Å². The Morgan fingerprint density at radius 3 is 2.64 bits per heavy atom. The molecule has 0 spiro atoms. The fourth-order valence-electron chi connectivity index (χ4n) is 4.06. The van der Waals surface area contributed by atoms with Crippen LogP contribution in [0.2, 0.25) is 5.02 Å². The second kappa shape index (κ2) is 8.59. The molecule has 0 radical (unpaired) electrons. The zero-order chi connectivity index (χ0) is 23.0. The minimum atomic E-state index is -3.89. The van der Waals surface area contributed by atoms with Crippen molar-refractivity contribution in [2.75, 3.05) is 11.9 Å². The Kier molecular flexibility index (Phi) is 5.62. The Balaban J connectivity index is 1.45. The van der Waals surface area contributed by atoms with Gasteiger partial charge in [-0.15, -0.1) is 0 Å². The number of fused-ring (bicyclic) bond motifs is 2. The highest BCUT2D eigenvalue weighted by Crippen LogP contribution is 2.30. The molecule has 0 bridgehead atoms. The summed E-state index contributed by atoms with van der Waals surface area (Å²) in [7, 11) is -3.89. The number of anilines is 1. The largest absolute Gasteiger partial charge is 0.321 e. The standard InChI is InChI=1S/C25H20ClN3O3S/c26-21-11-10-18(25(30)28-23-9-3-8-22-20(23)7-4-13-27-22)15-24(21)33(31,32)29-14-12-17-5-1-2-6-19(17)16-29/h1-11,13,15H,12,14,16H2,(H,28,30). The highest BCUT2D eigenvalue weighted by molar-refractivity contribution is 7.89. The third-order valence-electron chi connectivity index (χ3n) is 5.80. The Morgan fingerprint density at radius 2 is 1.79 bits per heavy atom. The third kappa shape index (κ3) is 4.11. The summed E-state index contributed by atoms with van der Waals surface area (Å²) in [6.45, 7) is 0.628. The molecule has 0 atom stereocenters.